The summed E-state index contributed by atoms with van der Waals surface area (Å²) >= 11 is 0. The van der Waals surface area contributed by atoms with E-state index in [-0.39, 0.29) is 51.3 Å². The molecule has 0 aromatic heterocycles. The van der Waals surface area contributed by atoms with E-state index in [9.17, 15) is 23.4 Å². The third-order valence-electron chi connectivity index (χ3n) is 14.2. The zero-order valence-corrected chi connectivity index (χ0v) is 29.8. The Bertz CT molecular complexity index is 1440. The monoisotopic (exact) mass is 659 g/mol. The van der Waals surface area contributed by atoms with E-state index in [0.717, 1.165) is 63.4 Å². The Balaban J connectivity index is 1.13. The van der Waals surface area contributed by atoms with Gasteiger partial charge in [-0.05, 0) is 142 Å². The summed E-state index contributed by atoms with van der Waals surface area (Å²) in [5.41, 5.74) is 0.419. The molecular weight excluding hydrogens is 602 g/mol. The highest BCUT2D eigenvalue weighted by molar-refractivity contribution is 7.90. The van der Waals surface area contributed by atoms with Crippen molar-refractivity contribution in [3.8, 4) is 5.75 Å². The van der Waals surface area contributed by atoms with Gasteiger partial charge < -0.3 is 19.7 Å². The highest BCUT2D eigenvalue weighted by Crippen LogP contribution is 2.74. The van der Waals surface area contributed by atoms with Crippen LogP contribution < -0.4 is 9.46 Å². The number of amides is 1. The number of carbonyl (C=O) groups is 1. The summed E-state index contributed by atoms with van der Waals surface area (Å²) in [6, 6.07) is 4.71. The molecule has 9 heteroatoms. The van der Waals surface area contributed by atoms with E-state index >= 15 is 0 Å². The fraction of sp³-hybridized carbons (Fsp3) is 0.811. The van der Waals surface area contributed by atoms with Gasteiger partial charge in [-0.3, -0.25) is 0 Å². The first-order chi connectivity index (χ1) is 21.5. The SMILES string of the molecule is CC[C@@H]1C2C[C@H](O)CCC2(C)[C@H]2CCC3(C)C([C@H](C)COC(=O)NS(=O)(=O)c4ccc5c(c4)CCC(C)(C)O5)CC[C@H]3[C@]2(C)[C@@H]1O. The van der Waals surface area contributed by atoms with Crippen molar-refractivity contribution in [1.29, 1.82) is 0 Å². The molecule has 4 fully saturated rings. The number of ether oxygens (including phenoxy) is 2. The maximum absolute atomic E-state index is 13.1. The van der Waals surface area contributed by atoms with Crippen LogP contribution in [-0.2, 0) is 21.2 Å². The van der Waals surface area contributed by atoms with Gasteiger partial charge in [-0.1, -0.05) is 41.0 Å². The topological polar surface area (TPSA) is 122 Å². The van der Waals surface area contributed by atoms with Gasteiger partial charge in [-0.15, -0.1) is 0 Å². The molecule has 0 spiro atoms. The molecule has 6 rings (SSSR count). The molecule has 4 aliphatic carbocycles. The molecule has 8 nitrogen and oxygen atoms in total. The Morgan fingerprint density at radius 3 is 2.43 bits per heavy atom. The fourth-order valence-electron chi connectivity index (χ4n) is 12.0. The van der Waals surface area contributed by atoms with Crippen LogP contribution >= 0.6 is 0 Å². The minimum Gasteiger partial charge on any atom is -0.488 e. The maximum Gasteiger partial charge on any atom is 0.421 e. The Morgan fingerprint density at radius 2 is 1.72 bits per heavy atom. The normalized spacial score (nSPS) is 42.0. The Hall–Kier alpha value is -1.84. The number of aryl methyl sites for hydroxylation is 1. The van der Waals surface area contributed by atoms with Gasteiger partial charge in [0.2, 0.25) is 0 Å². The van der Waals surface area contributed by atoms with E-state index in [4.69, 9.17) is 9.47 Å². The smallest absolute Gasteiger partial charge is 0.421 e. The lowest BCUT2D eigenvalue weighted by Gasteiger charge is -2.69. The lowest BCUT2D eigenvalue weighted by molar-refractivity contribution is -0.250. The Morgan fingerprint density at radius 1 is 1.02 bits per heavy atom. The molecule has 1 aliphatic heterocycles. The molecule has 4 saturated carbocycles. The predicted octanol–water partition coefficient (Wildman–Crippen LogP) is 6.86. The van der Waals surface area contributed by atoms with Crippen LogP contribution in [-0.4, -0.2) is 49.1 Å². The summed E-state index contributed by atoms with van der Waals surface area (Å²) in [6.45, 7) is 15.7. The third-order valence-corrected chi connectivity index (χ3v) is 15.5. The van der Waals surface area contributed by atoms with E-state index in [2.05, 4.69) is 39.3 Å². The first kappa shape index (κ1) is 34.0. The molecule has 0 radical (unpaired) electrons. The number of hydrogen-bond donors (Lipinski definition) is 3. The van der Waals surface area contributed by atoms with Crippen molar-refractivity contribution >= 4 is 16.1 Å². The average Bonchev–Trinajstić information content (AvgIpc) is 3.35. The molecule has 11 atom stereocenters. The van der Waals surface area contributed by atoms with Crippen LogP contribution in [0.5, 0.6) is 5.75 Å². The Labute approximate surface area is 276 Å². The number of benzene rings is 1. The van der Waals surface area contributed by atoms with Crippen molar-refractivity contribution in [2.75, 3.05) is 6.61 Å². The second kappa shape index (κ2) is 11.6. The quantitative estimate of drug-likeness (QED) is 0.305. The van der Waals surface area contributed by atoms with Crippen molar-refractivity contribution in [2.45, 2.75) is 135 Å². The van der Waals surface area contributed by atoms with Gasteiger partial charge in [0.1, 0.15) is 11.4 Å². The zero-order chi connectivity index (χ0) is 33.4. The number of rotatable bonds is 6. The van der Waals surface area contributed by atoms with Gasteiger partial charge in [-0.2, -0.15) is 0 Å². The molecule has 1 heterocycles. The number of carbonyl (C=O) groups excluding carboxylic acids is 1. The molecule has 0 saturated heterocycles. The molecule has 1 aromatic carbocycles. The Kier molecular flexibility index (Phi) is 8.62. The number of aliphatic hydroxyl groups is 2. The molecule has 1 amide bonds. The van der Waals surface area contributed by atoms with Crippen molar-refractivity contribution in [2.24, 2.45) is 51.8 Å². The molecular formula is C37H57NO7S. The van der Waals surface area contributed by atoms with Crippen LogP contribution in [0, 0.1) is 51.8 Å². The second-order valence-corrected chi connectivity index (χ2v) is 18.8. The van der Waals surface area contributed by atoms with Crippen LogP contribution in [0.3, 0.4) is 0 Å². The number of nitrogens with one attached hydrogen (secondary N) is 1. The molecule has 46 heavy (non-hydrogen) atoms. The van der Waals surface area contributed by atoms with E-state index < -0.39 is 22.2 Å². The fourth-order valence-corrected chi connectivity index (χ4v) is 12.9. The molecule has 1 aromatic rings. The number of aliphatic hydroxyl groups excluding tert-OH is 2. The summed E-state index contributed by atoms with van der Waals surface area (Å²) in [5.74, 6) is 2.32. The molecule has 0 bridgehead atoms. The van der Waals surface area contributed by atoms with Crippen LogP contribution in [0.4, 0.5) is 4.79 Å². The van der Waals surface area contributed by atoms with Gasteiger partial charge in [0, 0.05) is 5.41 Å². The number of sulfonamides is 1. The minimum absolute atomic E-state index is 0.00695. The van der Waals surface area contributed by atoms with Crippen LogP contribution in [0.25, 0.3) is 0 Å². The van der Waals surface area contributed by atoms with Crippen LogP contribution in [0.2, 0.25) is 0 Å². The van der Waals surface area contributed by atoms with Crippen LogP contribution in [0.1, 0.15) is 112 Å². The predicted molar refractivity (Wildman–Crippen MR) is 177 cm³/mol. The van der Waals surface area contributed by atoms with E-state index in [1.165, 1.54) is 6.07 Å². The van der Waals surface area contributed by atoms with Gasteiger partial charge >= 0.3 is 6.09 Å². The minimum atomic E-state index is -4.10. The van der Waals surface area contributed by atoms with Crippen molar-refractivity contribution in [1.82, 2.24) is 4.72 Å². The lowest BCUT2D eigenvalue weighted by Crippen LogP contribution is -2.67. The summed E-state index contributed by atoms with van der Waals surface area (Å²) in [4.78, 5) is 12.9. The summed E-state index contributed by atoms with van der Waals surface area (Å²) in [7, 11) is -4.10. The van der Waals surface area contributed by atoms with Crippen molar-refractivity contribution < 1.29 is 32.9 Å². The zero-order valence-electron chi connectivity index (χ0n) is 29.0. The summed E-state index contributed by atoms with van der Waals surface area (Å²) in [5, 5.41) is 22.8. The summed E-state index contributed by atoms with van der Waals surface area (Å²) in [6.07, 6.45) is 7.62. The molecule has 5 aliphatic rings. The van der Waals surface area contributed by atoms with Gasteiger partial charge in [-0.25, -0.2) is 17.9 Å². The highest BCUT2D eigenvalue weighted by Gasteiger charge is 2.70. The largest absolute Gasteiger partial charge is 0.488 e. The van der Waals surface area contributed by atoms with E-state index in [1.54, 1.807) is 12.1 Å². The molecule has 4 unspecified atom stereocenters. The number of fused-ring (bicyclic) bond motifs is 6. The average molecular weight is 660 g/mol. The first-order valence-electron chi connectivity index (χ1n) is 17.8. The van der Waals surface area contributed by atoms with Gasteiger partial charge in [0.05, 0.1) is 23.7 Å². The van der Waals surface area contributed by atoms with Crippen molar-refractivity contribution in [3.05, 3.63) is 23.8 Å². The molecule has 3 N–H and O–H groups in total. The first-order valence-corrected chi connectivity index (χ1v) is 19.3. The van der Waals surface area contributed by atoms with Gasteiger partial charge in [0.25, 0.3) is 10.0 Å². The molecule has 258 valence electrons. The summed E-state index contributed by atoms with van der Waals surface area (Å²) < 4.78 is 39.9. The van der Waals surface area contributed by atoms with E-state index in [1.807, 2.05) is 13.8 Å². The van der Waals surface area contributed by atoms with Gasteiger partial charge in [0.15, 0.2) is 0 Å². The number of hydrogen-bond acceptors (Lipinski definition) is 7. The standard InChI is InChI=1S/C37H57NO7S/c1-8-26-28-20-24(39)14-17-36(28,6)31-15-18-35(5)27(10-12-30(35)37(31,7)32(26)40)22(2)21-44-33(41)38-46(42,43)25-9-11-29-23(19-25)13-16-34(3,4)45-29/h9,11,19,22,24,26-28,30-32,39-40H,8,10,12-18,20-21H2,1-7H3,(H,38,41)/t22-,24-,26-,27?,28?,30-,31-,32-,35?,36?,37+/m1/s1. The van der Waals surface area contributed by atoms with Crippen LogP contribution in [0.15, 0.2) is 23.1 Å². The maximum atomic E-state index is 13.1. The van der Waals surface area contributed by atoms with Crippen molar-refractivity contribution in [3.63, 3.8) is 0 Å². The second-order valence-electron chi connectivity index (χ2n) is 17.1. The highest BCUT2D eigenvalue weighted by atomic mass is 32.2. The lowest BCUT2D eigenvalue weighted by atomic mass is 9.36. The third kappa shape index (κ3) is 5.39. The van der Waals surface area contributed by atoms with E-state index in [0.29, 0.717) is 35.8 Å².